The molecule has 0 saturated heterocycles. The topological polar surface area (TPSA) is 20.2 Å². The Morgan fingerprint density at radius 1 is 1.55 bits per heavy atom. The molecule has 1 rings (SSSR count). The second-order valence-electron chi connectivity index (χ2n) is 2.41. The Kier molecular flexibility index (Phi) is 2.32. The Hall–Kier alpha value is -1.24. The summed E-state index contributed by atoms with van der Waals surface area (Å²) in [6.45, 7) is 5.70. The summed E-state index contributed by atoms with van der Waals surface area (Å²) >= 11 is 0. The van der Waals surface area contributed by atoms with Crippen molar-refractivity contribution < 1.29 is 5.11 Å². The fourth-order valence-corrected chi connectivity index (χ4v) is 1.14. The molecule has 0 aliphatic rings. The average Bonchev–Trinajstić information content (AvgIpc) is 2.04. The van der Waals surface area contributed by atoms with Crippen LogP contribution in [0, 0.1) is 0 Å². The van der Waals surface area contributed by atoms with Gasteiger partial charge in [-0.15, -0.1) is 0 Å². The van der Waals surface area contributed by atoms with Crippen molar-refractivity contribution in [1.29, 1.82) is 0 Å². The van der Waals surface area contributed by atoms with E-state index < -0.39 is 0 Å². The van der Waals surface area contributed by atoms with Gasteiger partial charge in [0, 0.05) is 5.56 Å². The van der Waals surface area contributed by atoms with Gasteiger partial charge in [-0.3, -0.25) is 0 Å². The summed E-state index contributed by atoms with van der Waals surface area (Å²) in [5.74, 6) is 0.319. The highest BCUT2D eigenvalue weighted by Gasteiger charge is 2.00. The minimum absolute atomic E-state index is 0.319. The molecule has 0 amide bonds. The van der Waals surface area contributed by atoms with Crippen LogP contribution >= 0.6 is 0 Å². The van der Waals surface area contributed by atoms with Crippen molar-refractivity contribution in [3.05, 3.63) is 35.9 Å². The maximum Gasteiger partial charge on any atom is 0.123 e. The number of aromatic hydroxyl groups is 1. The maximum atomic E-state index is 9.35. The molecule has 58 valence electrons. The minimum atomic E-state index is 0.319. The van der Waals surface area contributed by atoms with E-state index in [1.54, 1.807) is 12.1 Å². The Balaban J connectivity index is 3.24. The van der Waals surface area contributed by atoms with Crippen LogP contribution in [0.5, 0.6) is 5.75 Å². The molecule has 0 unspecified atom stereocenters. The Morgan fingerprint density at radius 3 is 2.73 bits per heavy atom. The largest absolute Gasteiger partial charge is 0.507 e. The molecule has 1 aromatic carbocycles. The standard InChI is InChI=1S/C10H12O/c1-3-8-6-5-7-10(11)9(8)4-2/h4-7,11H,2-3H2,1H3. The molecule has 1 heteroatoms. The summed E-state index contributed by atoms with van der Waals surface area (Å²) in [6.07, 6.45) is 2.62. The maximum absolute atomic E-state index is 9.35. The van der Waals surface area contributed by atoms with Crippen LogP contribution in [0.15, 0.2) is 24.8 Å². The van der Waals surface area contributed by atoms with E-state index in [2.05, 4.69) is 13.5 Å². The molecular formula is C10H12O. The summed E-state index contributed by atoms with van der Waals surface area (Å²) in [5.41, 5.74) is 2.00. The second-order valence-corrected chi connectivity index (χ2v) is 2.41. The van der Waals surface area contributed by atoms with Crippen LogP contribution in [-0.4, -0.2) is 5.11 Å². The van der Waals surface area contributed by atoms with Crippen LogP contribution in [0.2, 0.25) is 0 Å². The molecule has 0 heterocycles. The fraction of sp³-hybridized carbons (Fsp3) is 0.200. The van der Waals surface area contributed by atoms with Crippen LogP contribution in [0.3, 0.4) is 0 Å². The third-order valence-electron chi connectivity index (χ3n) is 1.76. The minimum Gasteiger partial charge on any atom is -0.507 e. The van der Waals surface area contributed by atoms with E-state index in [9.17, 15) is 5.11 Å². The lowest BCUT2D eigenvalue weighted by atomic mass is 10.0. The van der Waals surface area contributed by atoms with E-state index in [-0.39, 0.29) is 0 Å². The predicted octanol–water partition coefficient (Wildman–Crippen LogP) is 2.60. The summed E-state index contributed by atoms with van der Waals surface area (Å²) in [7, 11) is 0. The SMILES string of the molecule is C=Cc1c(O)cccc1CC. The number of benzene rings is 1. The molecule has 0 atom stereocenters. The number of aryl methyl sites for hydroxylation is 1. The Morgan fingerprint density at radius 2 is 2.27 bits per heavy atom. The van der Waals surface area contributed by atoms with Crippen molar-refractivity contribution in [2.75, 3.05) is 0 Å². The van der Waals surface area contributed by atoms with Crippen molar-refractivity contribution in [1.82, 2.24) is 0 Å². The van der Waals surface area contributed by atoms with E-state index in [1.807, 2.05) is 12.1 Å². The molecule has 1 N–H and O–H groups in total. The monoisotopic (exact) mass is 148 g/mol. The first-order chi connectivity index (χ1) is 5.29. The fourth-order valence-electron chi connectivity index (χ4n) is 1.14. The number of hydrogen-bond acceptors (Lipinski definition) is 1. The zero-order valence-electron chi connectivity index (χ0n) is 6.67. The molecule has 11 heavy (non-hydrogen) atoms. The van der Waals surface area contributed by atoms with Crippen molar-refractivity contribution >= 4 is 6.08 Å². The van der Waals surface area contributed by atoms with Crippen LogP contribution < -0.4 is 0 Å². The van der Waals surface area contributed by atoms with Gasteiger partial charge in [0.15, 0.2) is 0 Å². The molecule has 0 saturated carbocycles. The Labute approximate surface area is 67.0 Å². The van der Waals surface area contributed by atoms with Gasteiger partial charge in [-0.2, -0.15) is 0 Å². The van der Waals surface area contributed by atoms with Crippen LogP contribution in [0.1, 0.15) is 18.1 Å². The third kappa shape index (κ3) is 1.43. The quantitative estimate of drug-likeness (QED) is 0.683. The van der Waals surface area contributed by atoms with E-state index in [0.717, 1.165) is 17.5 Å². The molecule has 0 fully saturated rings. The van der Waals surface area contributed by atoms with Gasteiger partial charge < -0.3 is 5.11 Å². The molecule has 0 aliphatic heterocycles. The summed E-state index contributed by atoms with van der Waals surface area (Å²) in [4.78, 5) is 0. The van der Waals surface area contributed by atoms with E-state index >= 15 is 0 Å². The second kappa shape index (κ2) is 3.24. The highest BCUT2D eigenvalue weighted by atomic mass is 16.3. The van der Waals surface area contributed by atoms with Crippen molar-refractivity contribution in [3.63, 3.8) is 0 Å². The molecule has 0 radical (unpaired) electrons. The summed E-state index contributed by atoms with van der Waals surface area (Å²) in [5, 5.41) is 9.35. The predicted molar refractivity (Wildman–Crippen MR) is 47.6 cm³/mol. The highest BCUT2D eigenvalue weighted by molar-refractivity contribution is 5.59. The van der Waals surface area contributed by atoms with Gasteiger partial charge in [-0.05, 0) is 18.1 Å². The van der Waals surface area contributed by atoms with Gasteiger partial charge >= 0.3 is 0 Å². The first-order valence-electron chi connectivity index (χ1n) is 3.73. The normalized spacial score (nSPS) is 9.55. The van der Waals surface area contributed by atoms with Gasteiger partial charge in [0.25, 0.3) is 0 Å². The van der Waals surface area contributed by atoms with Gasteiger partial charge in [-0.1, -0.05) is 31.7 Å². The summed E-state index contributed by atoms with van der Waals surface area (Å²) < 4.78 is 0. The smallest absolute Gasteiger partial charge is 0.123 e. The molecule has 0 spiro atoms. The number of phenolic OH excluding ortho intramolecular Hbond substituents is 1. The highest BCUT2D eigenvalue weighted by Crippen LogP contribution is 2.21. The number of hydrogen-bond donors (Lipinski definition) is 1. The molecule has 0 aromatic heterocycles. The van der Waals surface area contributed by atoms with Gasteiger partial charge in [0.05, 0.1) is 0 Å². The van der Waals surface area contributed by atoms with Crippen LogP contribution in [-0.2, 0) is 6.42 Å². The van der Waals surface area contributed by atoms with Crippen LogP contribution in [0.4, 0.5) is 0 Å². The molecular weight excluding hydrogens is 136 g/mol. The van der Waals surface area contributed by atoms with E-state index in [0.29, 0.717) is 5.75 Å². The van der Waals surface area contributed by atoms with E-state index in [4.69, 9.17) is 0 Å². The number of rotatable bonds is 2. The van der Waals surface area contributed by atoms with E-state index in [1.165, 1.54) is 0 Å². The van der Waals surface area contributed by atoms with Crippen LogP contribution in [0.25, 0.3) is 6.08 Å². The lowest BCUT2D eigenvalue weighted by molar-refractivity contribution is 0.473. The lowest BCUT2D eigenvalue weighted by Gasteiger charge is -2.03. The Bertz CT molecular complexity index is 264. The first-order valence-corrected chi connectivity index (χ1v) is 3.73. The molecule has 1 nitrogen and oxygen atoms in total. The third-order valence-corrected chi connectivity index (χ3v) is 1.76. The average molecular weight is 148 g/mol. The number of phenols is 1. The zero-order valence-corrected chi connectivity index (χ0v) is 6.67. The zero-order chi connectivity index (χ0) is 8.27. The lowest BCUT2D eigenvalue weighted by Crippen LogP contribution is -1.85. The van der Waals surface area contributed by atoms with Crippen molar-refractivity contribution in [3.8, 4) is 5.75 Å². The molecule has 0 aliphatic carbocycles. The summed E-state index contributed by atoms with van der Waals surface area (Å²) in [6, 6.07) is 5.52. The van der Waals surface area contributed by atoms with Crippen molar-refractivity contribution in [2.45, 2.75) is 13.3 Å². The van der Waals surface area contributed by atoms with Gasteiger partial charge in [0.2, 0.25) is 0 Å². The van der Waals surface area contributed by atoms with Gasteiger partial charge in [-0.25, -0.2) is 0 Å². The van der Waals surface area contributed by atoms with Gasteiger partial charge in [0.1, 0.15) is 5.75 Å². The first kappa shape index (κ1) is 7.86. The molecule has 0 bridgehead atoms. The molecule has 1 aromatic rings. The van der Waals surface area contributed by atoms with Crippen molar-refractivity contribution in [2.24, 2.45) is 0 Å².